The van der Waals surface area contributed by atoms with Crippen LogP contribution in [0.3, 0.4) is 0 Å². The highest BCUT2D eigenvalue weighted by atomic mass is 32.2. The van der Waals surface area contributed by atoms with E-state index in [1.165, 1.54) is 12.1 Å². The van der Waals surface area contributed by atoms with Crippen LogP contribution in [-0.2, 0) is 16.4 Å². The molecular formula is C12H17F2NO3S. The Bertz CT molecular complexity index is 509. The zero-order chi connectivity index (χ0) is 14.5. The normalized spacial score (nSPS) is 11.6. The van der Waals surface area contributed by atoms with Gasteiger partial charge in [-0.15, -0.1) is 0 Å². The number of hydrogen-bond acceptors (Lipinski definition) is 4. The van der Waals surface area contributed by atoms with Crippen molar-refractivity contribution >= 4 is 9.84 Å². The molecule has 0 saturated carbocycles. The van der Waals surface area contributed by atoms with E-state index >= 15 is 0 Å². The van der Waals surface area contributed by atoms with Gasteiger partial charge in [0.2, 0.25) is 0 Å². The summed E-state index contributed by atoms with van der Waals surface area (Å²) in [4.78, 5) is 0. The standard InChI is InChI=1S/C12H17F2NO3S/c1-3-15-8-9-6-10(13)12(11(14)7-9)18-4-5-19(2,16)17/h6-7,15H,3-5,8H2,1-2H3. The summed E-state index contributed by atoms with van der Waals surface area (Å²) in [5.41, 5.74) is 0.465. The van der Waals surface area contributed by atoms with E-state index in [9.17, 15) is 17.2 Å². The second kappa shape index (κ2) is 6.81. The van der Waals surface area contributed by atoms with E-state index in [1.54, 1.807) is 0 Å². The summed E-state index contributed by atoms with van der Waals surface area (Å²) < 4.78 is 53.9. The molecule has 1 aromatic carbocycles. The second-order valence-electron chi connectivity index (χ2n) is 4.15. The van der Waals surface area contributed by atoms with E-state index in [0.29, 0.717) is 18.7 Å². The molecule has 1 rings (SSSR count). The average Bonchev–Trinajstić information content (AvgIpc) is 2.28. The van der Waals surface area contributed by atoms with Crippen LogP contribution in [0, 0.1) is 11.6 Å². The van der Waals surface area contributed by atoms with Crippen LogP contribution in [-0.4, -0.2) is 33.6 Å². The molecular weight excluding hydrogens is 276 g/mol. The SMILES string of the molecule is CCNCc1cc(F)c(OCCS(C)(=O)=O)c(F)c1. The maximum atomic E-state index is 13.6. The lowest BCUT2D eigenvalue weighted by atomic mass is 10.2. The first-order valence-electron chi connectivity index (χ1n) is 5.82. The van der Waals surface area contributed by atoms with Gasteiger partial charge in [0.05, 0.1) is 5.75 Å². The molecule has 0 heterocycles. The lowest BCUT2D eigenvalue weighted by Gasteiger charge is -2.10. The smallest absolute Gasteiger partial charge is 0.190 e. The number of ether oxygens (including phenoxy) is 1. The number of hydrogen-bond donors (Lipinski definition) is 1. The van der Waals surface area contributed by atoms with Crippen LogP contribution in [0.1, 0.15) is 12.5 Å². The third-order valence-corrected chi connectivity index (χ3v) is 3.25. The first-order chi connectivity index (χ1) is 8.83. The molecule has 19 heavy (non-hydrogen) atoms. The minimum absolute atomic E-state index is 0.279. The lowest BCUT2D eigenvalue weighted by Crippen LogP contribution is -2.14. The molecule has 0 spiro atoms. The Morgan fingerprint density at radius 2 is 1.84 bits per heavy atom. The van der Waals surface area contributed by atoms with Gasteiger partial charge < -0.3 is 10.1 Å². The average molecular weight is 293 g/mol. The van der Waals surface area contributed by atoms with Gasteiger partial charge in [0.1, 0.15) is 6.61 Å². The molecule has 0 bridgehead atoms. The molecule has 0 aliphatic rings. The maximum absolute atomic E-state index is 13.6. The number of nitrogens with one attached hydrogen (secondary N) is 1. The Morgan fingerprint density at radius 3 is 2.32 bits per heavy atom. The molecule has 0 atom stereocenters. The molecule has 0 radical (unpaired) electrons. The molecule has 0 amide bonds. The molecule has 0 aromatic heterocycles. The molecule has 4 nitrogen and oxygen atoms in total. The fraction of sp³-hybridized carbons (Fsp3) is 0.500. The van der Waals surface area contributed by atoms with Crippen LogP contribution in [0.4, 0.5) is 8.78 Å². The first kappa shape index (κ1) is 15.8. The van der Waals surface area contributed by atoms with Crippen LogP contribution in [0.15, 0.2) is 12.1 Å². The molecule has 108 valence electrons. The van der Waals surface area contributed by atoms with Gasteiger partial charge in [0.15, 0.2) is 27.2 Å². The highest BCUT2D eigenvalue weighted by molar-refractivity contribution is 7.90. The number of benzene rings is 1. The summed E-state index contributed by atoms with van der Waals surface area (Å²) >= 11 is 0. The van der Waals surface area contributed by atoms with Gasteiger partial charge in [-0.2, -0.15) is 0 Å². The van der Waals surface area contributed by atoms with E-state index in [1.807, 2.05) is 6.92 Å². The molecule has 0 saturated heterocycles. The quantitative estimate of drug-likeness (QED) is 0.827. The maximum Gasteiger partial charge on any atom is 0.190 e. The predicted molar refractivity (Wildman–Crippen MR) is 68.9 cm³/mol. The fourth-order valence-corrected chi connectivity index (χ4v) is 1.80. The Hall–Kier alpha value is -1.21. The zero-order valence-electron chi connectivity index (χ0n) is 10.9. The largest absolute Gasteiger partial charge is 0.487 e. The summed E-state index contributed by atoms with van der Waals surface area (Å²) in [6.07, 6.45) is 1.03. The van der Waals surface area contributed by atoms with Crippen molar-refractivity contribution in [3.63, 3.8) is 0 Å². The third-order valence-electron chi connectivity index (χ3n) is 2.34. The Kier molecular flexibility index (Phi) is 5.68. The Labute approximate surface area is 111 Å². The van der Waals surface area contributed by atoms with Gasteiger partial charge in [-0.1, -0.05) is 6.92 Å². The predicted octanol–water partition coefficient (Wildman–Crippen LogP) is 1.50. The fourth-order valence-electron chi connectivity index (χ4n) is 1.42. The van der Waals surface area contributed by atoms with Crippen molar-refractivity contribution < 1.29 is 21.9 Å². The number of halogens is 2. The van der Waals surface area contributed by atoms with Gasteiger partial charge >= 0.3 is 0 Å². The molecule has 0 fully saturated rings. The Morgan fingerprint density at radius 1 is 1.26 bits per heavy atom. The summed E-state index contributed by atoms with van der Waals surface area (Å²) in [6, 6.07) is 2.34. The van der Waals surface area contributed by atoms with Crippen molar-refractivity contribution in [2.24, 2.45) is 0 Å². The van der Waals surface area contributed by atoms with Crippen LogP contribution in [0.25, 0.3) is 0 Å². The van der Waals surface area contributed by atoms with Crippen molar-refractivity contribution in [1.82, 2.24) is 5.32 Å². The van der Waals surface area contributed by atoms with E-state index in [0.717, 1.165) is 6.26 Å². The molecule has 1 aromatic rings. The van der Waals surface area contributed by atoms with Crippen molar-refractivity contribution in [3.8, 4) is 5.75 Å². The van der Waals surface area contributed by atoms with Gasteiger partial charge in [-0.25, -0.2) is 17.2 Å². The van der Waals surface area contributed by atoms with E-state index in [2.05, 4.69) is 5.32 Å². The third kappa shape index (κ3) is 5.52. The monoisotopic (exact) mass is 293 g/mol. The molecule has 7 heteroatoms. The summed E-state index contributed by atoms with van der Waals surface area (Å²) in [5, 5.41) is 2.95. The first-order valence-corrected chi connectivity index (χ1v) is 7.88. The van der Waals surface area contributed by atoms with Crippen molar-refractivity contribution in [2.45, 2.75) is 13.5 Å². The van der Waals surface area contributed by atoms with Gasteiger partial charge in [0, 0.05) is 12.8 Å². The van der Waals surface area contributed by atoms with Crippen LogP contribution in [0.2, 0.25) is 0 Å². The van der Waals surface area contributed by atoms with Crippen molar-refractivity contribution in [3.05, 3.63) is 29.3 Å². The minimum atomic E-state index is -3.22. The van der Waals surface area contributed by atoms with Crippen LogP contribution < -0.4 is 10.1 Å². The zero-order valence-corrected chi connectivity index (χ0v) is 11.7. The molecule has 1 N–H and O–H groups in total. The molecule has 0 aliphatic carbocycles. The van der Waals surface area contributed by atoms with Gasteiger partial charge in [0.25, 0.3) is 0 Å². The van der Waals surface area contributed by atoms with Crippen LogP contribution >= 0.6 is 0 Å². The number of sulfone groups is 1. The Balaban J connectivity index is 2.74. The second-order valence-corrected chi connectivity index (χ2v) is 6.41. The highest BCUT2D eigenvalue weighted by Gasteiger charge is 2.13. The summed E-state index contributed by atoms with van der Waals surface area (Å²) in [6.45, 7) is 2.65. The van der Waals surface area contributed by atoms with Crippen LogP contribution in [0.5, 0.6) is 5.75 Å². The highest BCUT2D eigenvalue weighted by Crippen LogP contribution is 2.23. The topological polar surface area (TPSA) is 55.4 Å². The summed E-state index contributed by atoms with van der Waals surface area (Å²) in [7, 11) is -3.22. The molecule has 0 unspecified atom stereocenters. The van der Waals surface area contributed by atoms with E-state index < -0.39 is 27.2 Å². The number of rotatable bonds is 7. The van der Waals surface area contributed by atoms with Gasteiger partial charge in [-0.05, 0) is 24.2 Å². The lowest BCUT2D eigenvalue weighted by molar-refractivity contribution is 0.303. The summed E-state index contributed by atoms with van der Waals surface area (Å²) in [5.74, 6) is -2.49. The molecule has 0 aliphatic heterocycles. The van der Waals surface area contributed by atoms with E-state index in [4.69, 9.17) is 4.74 Å². The van der Waals surface area contributed by atoms with E-state index in [-0.39, 0.29) is 12.4 Å². The van der Waals surface area contributed by atoms with Crippen molar-refractivity contribution in [2.75, 3.05) is 25.2 Å². The minimum Gasteiger partial charge on any atom is -0.487 e. The van der Waals surface area contributed by atoms with Gasteiger partial charge in [-0.3, -0.25) is 0 Å². The van der Waals surface area contributed by atoms with Crippen molar-refractivity contribution in [1.29, 1.82) is 0 Å².